The maximum Gasteiger partial charge on any atom is 0.416 e. The van der Waals surface area contributed by atoms with Gasteiger partial charge in [0.15, 0.2) is 0 Å². The van der Waals surface area contributed by atoms with Crippen LogP contribution in [0.3, 0.4) is 0 Å². The van der Waals surface area contributed by atoms with Gasteiger partial charge < -0.3 is 10.4 Å². The molecule has 3 unspecified atom stereocenters. The summed E-state index contributed by atoms with van der Waals surface area (Å²) in [5.41, 5.74) is -4.72. The highest BCUT2D eigenvalue weighted by atomic mass is 19.4. The van der Waals surface area contributed by atoms with Crippen molar-refractivity contribution in [3.63, 3.8) is 0 Å². The van der Waals surface area contributed by atoms with E-state index in [9.17, 15) is 31.4 Å². The maximum absolute atomic E-state index is 13.0. The summed E-state index contributed by atoms with van der Waals surface area (Å²) >= 11 is 0. The third kappa shape index (κ3) is 3.01. The summed E-state index contributed by atoms with van der Waals surface area (Å²) in [4.78, 5) is 0. The monoisotopic (exact) mass is 353 g/mol. The Bertz CT molecular complexity index is 594. The van der Waals surface area contributed by atoms with Gasteiger partial charge in [0, 0.05) is 12.5 Å². The highest BCUT2D eigenvalue weighted by molar-refractivity contribution is 5.37. The van der Waals surface area contributed by atoms with Crippen molar-refractivity contribution in [2.75, 3.05) is 13.1 Å². The molecule has 24 heavy (non-hydrogen) atoms. The zero-order chi connectivity index (χ0) is 17.8. The number of nitrogens with one attached hydrogen (secondary N) is 1. The SMILES string of the molecule is OC1(c2cc(C(F)(F)F)cc(C(F)(F)F)c2)CCCC2CNCC21. The minimum absolute atomic E-state index is 0.0626. The number of fused-ring (bicyclic) bond motifs is 1. The number of alkyl halides is 6. The van der Waals surface area contributed by atoms with Gasteiger partial charge in [0.1, 0.15) is 0 Å². The number of hydrogen-bond donors (Lipinski definition) is 2. The summed E-state index contributed by atoms with van der Waals surface area (Å²) in [6.07, 6.45) is -8.28. The lowest BCUT2D eigenvalue weighted by molar-refractivity contribution is -0.143. The first-order valence-corrected chi connectivity index (χ1v) is 7.75. The first-order chi connectivity index (χ1) is 11.0. The van der Waals surface area contributed by atoms with E-state index in [0.717, 1.165) is 6.42 Å². The molecule has 1 aliphatic carbocycles. The number of halogens is 6. The summed E-state index contributed by atoms with van der Waals surface area (Å²) < 4.78 is 78.2. The Morgan fingerprint density at radius 2 is 1.54 bits per heavy atom. The van der Waals surface area contributed by atoms with Crippen LogP contribution in [0.15, 0.2) is 18.2 Å². The Morgan fingerprint density at radius 3 is 2.08 bits per heavy atom. The smallest absolute Gasteiger partial charge is 0.385 e. The highest BCUT2D eigenvalue weighted by Gasteiger charge is 2.49. The Labute approximate surface area is 134 Å². The quantitative estimate of drug-likeness (QED) is 0.750. The van der Waals surface area contributed by atoms with Crippen molar-refractivity contribution < 1.29 is 31.4 Å². The zero-order valence-electron chi connectivity index (χ0n) is 12.6. The number of aliphatic hydroxyl groups is 1. The van der Waals surface area contributed by atoms with Crippen LogP contribution >= 0.6 is 0 Å². The van der Waals surface area contributed by atoms with Gasteiger partial charge in [0.2, 0.25) is 0 Å². The molecule has 0 bridgehead atoms. The van der Waals surface area contributed by atoms with Crippen LogP contribution in [0.1, 0.15) is 36.0 Å². The van der Waals surface area contributed by atoms with Crippen LogP contribution < -0.4 is 5.32 Å². The van der Waals surface area contributed by atoms with Gasteiger partial charge in [-0.25, -0.2) is 0 Å². The zero-order valence-corrected chi connectivity index (χ0v) is 12.6. The van der Waals surface area contributed by atoms with E-state index in [1.165, 1.54) is 0 Å². The molecule has 3 atom stereocenters. The van der Waals surface area contributed by atoms with E-state index in [0.29, 0.717) is 31.6 Å². The summed E-state index contributed by atoms with van der Waals surface area (Å²) in [5, 5.41) is 14.1. The second kappa shape index (κ2) is 5.62. The molecule has 1 aromatic carbocycles. The van der Waals surface area contributed by atoms with Gasteiger partial charge >= 0.3 is 12.4 Å². The molecule has 2 nitrogen and oxygen atoms in total. The van der Waals surface area contributed by atoms with E-state index in [-0.39, 0.29) is 29.9 Å². The minimum Gasteiger partial charge on any atom is -0.385 e. The van der Waals surface area contributed by atoms with Gasteiger partial charge in [-0.3, -0.25) is 0 Å². The van der Waals surface area contributed by atoms with Crippen molar-refractivity contribution in [3.8, 4) is 0 Å². The molecule has 2 N–H and O–H groups in total. The molecule has 1 saturated carbocycles. The normalized spacial score (nSPS) is 31.1. The summed E-state index contributed by atoms with van der Waals surface area (Å²) in [5.74, 6) is -0.316. The van der Waals surface area contributed by atoms with E-state index >= 15 is 0 Å². The molecule has 2 fully saturated rings. The lowest BCUT2D eigenvalue weighted by Crippen LogP contribution is -2.43. The van der Waals surface area contributed by atoms with Crippen LogP contribution in [0, 0.1) is 11.8 Å². The van der Waals surface area contributed by atoms with Gasteiger partial charge in [0.05, 0.1) is 16.7 Å². The molecule has 1 aromatic rings. The van der Waals surface area contributed by atoms with Gasteiger partial charge in [-0.05, 0) is 55.5 Å². The fraction of sp³-hybridized carbons (Fsp3) is 0.625. The standard InChI is InChI=1S/C16H17F6NO/c17-15(18,19)11-4-10(5-12(6-11)16(20,21)22)14(24)3-1-2-9-7-23-8-13(9)14/h4-6,9,13,23-24H,1-3,7-8H2. The molecule has 0 spiro atoms. The predicted octanol–water partition coefficient (Wildman–Crippen LogP) is 3.93. The summed E-state index contributed by atoms with van der Waals surface area (Å²) in [7, 11) is 0. The molecule has 0 amide bonds. The van der Waals surface area contributed by atoms with Gasteiger partial charge in [-0.1, -0.05) is 0 Å². The van der Waals surface area contributed by atoms with Crippen LogP contribution in [-0.2, 0) is 18.0 Å². The lowest BCUT2D eigenvalue weighted by Gasteiger charge is -2.42. The van der Waals surface area contributed by atoms with E-state index in [1.807, 2.05) is 0 Å². The first kappa shape index (κ1) is 17.5. The molecule has 1 saturated heterocycles. The van der Waals surface area contributed by atoms with Crippen molar-refractivity contribution in [1.82, 2.24) is 5.32 Å². The summed E-state index contributed by atoms with van der Waals surface area (Å²) in [6.45, 7) is 1.01. The van der Waals surface area contributed by atoms with Crippen molar-refractivity contribution in [2.24, 2.45) is 11.8 Å². The van der Waals surface area contributed by atoms with Crippen molar-refractivity contribution in [3.05, 3.63) is 34.9 Å². The molecule has 1 aliphatic heterocycles. The molecular formula is C16H17F6NO. The van der Waals surface area contributed by atoms with Crippen LogP contribution in [0.5, 0.6) is 0 Å². The predicted molar refractivity (Wildman–Crippen MR) is 74.0 cm³/mol. The fourth-order valence-corrected chi connectivity index (χ4v) is 3.98. The Hall–Kier alpha value is -1.28. The van der Waals surface area contributed by atoms with E-state index < -0.39 is 29.1 Å². The number of rotatable bonds is 1. The minimum atomic E-state index is -4.91. The highest BCUT2D eigenvalue weighted by Crippen LogP contribution is 2.48. The molecule has 8 heteroatoms. The lowest BCUT2D eigenvalue weighted by atomic mass is 9.67. The van der Waals surface area contributed by atoms with Crippen LogP contribution in [0.4, 0.5) is 26.3 Å². The molecule has 0 radical (unpaired) electrons. The molecular weight excluding hydrogens is 336 g/mol. The topological polar surface area (TPSA) is 32.3 Å². The maximum atomic E-state index is 13.0. The Morgan fingerprint density at radius 1 is 0.958 bits per heavy atom. The average molecular weight is 353 g/mol. The van der Waals surface area contributed by atoms with Gasteiger partial charge in [0.25, 0.3) is 0 Å². The fourth-order valence-electron chi connectivity index (χ4n) is 3.98. The Balaban J connectivity index is 2.12. The molecule has 134 valence electrons. The van der Waals surface area contributed by atoms with Gasteiger partial charge in [-0.2, -0.15) is 26.3 Å². The second-order valence-electron chi connectivity index (χ2n) is 6.64. The van der Waals surface area contributed by atoms with E-state index in [4.69, 9.17) is 0 Å². The van der Waals surface area contributed by atoms with Crippen LogP contribution in [0.2, 0.25) is 0 Å². The van der Waals surface area contributed by atoms with Crippen molar-refractivity contribution in [2.45, 2.75) is 37.2 Å². The van der Waals surface area contributed by atoms with E-state index in [1.54, 1.807) is 0 Å². The second-order valence-corrected chi connectivity index (χ2v) is 6.64. The average Bonchev–Trinajstić information content (AvgIpc) is 2.95. The molecule has 1 heterocycles. The largest absolute Gasteiger partial charge is 0.416 e. The molecule has 0 aromatic heterocycles. The van der Waals surface area contributed by atoms with Crippen molar-refractivity contribution >= 4 is 0 Å². The van der Waals surface area contributed by atoms with Gasteiger partial charge in [-0.15, -0.1) is 0 Å². The van der Waals surface area contributed by atoms with Crippen LogP contribution in [-0.4, -0.2) is 18.2 Å². The number of benzene rings is 1. The third-order valence-electron chi connectivity index (χ3n) is 5.17. The van der Waals surface area contributed by atoms with E-state index in [2.05, 4.69) is 5.32 Å². The van der Waals surface area contributed by atoms with Crippen LogP contribution in [0.25, 0.3) is 0 Å². The first-order valence-electron chi connectivity index (χ1n) is 7.75. The Kier molecular flexibility index (Phi) is 4.11. The number of hydrogen-bond acceptors (Lipinski definition) is 2. The third-order valence-corrected chi connectivity index (χ3v) is 5.17. The summed E-state index contributed by atoms with van der Waals surface area (Å²) in [6, 6.07) is 1.42. The van der Waals surface area contributed by atoms with Crippen molar-refractivity contribution in [1.29, 1.82) is 0 Å². The molecule has 3 rings (SSSR count). The molecule has 2 aliphatic rings.